The van der Waals surface area contributed by atoms with Crippen LogP contribution < -0.4 is 4.72 Å². The molecule has 21 heavy (non-hydrogen) atoms. The van der Waals surface area contributed by atoms with Crippen LogP contribution in [0, 0.1) is 0 Å². The van der Waals surface area contributed by atoms with Crippen LogP contribution in [0.4, 0.5) is 0 Å². The molecule has 9 heteroatoms. The summed E-state index contributed by atoms with van der Waals surface area (Å²) >= 11 is 5.74. The molecular formula is C12H10ClN3O4S. The Morgan fingerprint density at radius 3 is 2.62 bits per heavy atom. The van der Waals surface area contributed by atoms with Crippen LogP contribution in [0.2, 0.25) is 5.15 Å². The summed E-state index contributed by atoms with van der Waals surface area (Å²) in [5.74, 6) is -1.15. The number of carbonyl (C=O) groups is 1. The minimum Gasteiger partial charge on any atom is -0.477 e. The van der Waals surface area contributed by atoms with Crippen LogP contribution in [0.5, 0.6) is 0 Å². The summed E-state index contributed by atoms with van der Waals surface area (Å²) in [5, 5.41) is 8.60. The van der Waals surface area contributed by atoms with Gasteiger partial charge in [-0.05, 0) is 23.8 Å². The van der Waals surface area contributed by atoms with E-state index in [4.69, 9.17) is 16.7 Å². The van der Waals surface area contributed by atoms with E-state index in [9.17, 15) is 13.2 Å². The normalized spacial score (nSPS) is 11.3. The predicted octanol–water partition coefficient (Wildman–Crippen LogP) is 1.31. The molecule has 0 atom stereocenters. The average Bonchev–Trinajstić information content (AvgIpc) is 2.46. The van der Waals surface area contributed by atoms with Crippen LogP contribution in [-0.2, 0) is 16.6 Å². The van der Waals surface area contributed by atoms with E-state index in [0.29, 0.717) is 5.56 Å². The Morgan fingerprint density at radius 2 is 2.05 bits per heavy atom. The van der Waals surface area contributed by atoms with Gasteiger partial charge in [0.2, 0.25) is 10.0 Å². The van der Waals surface area contributed by atoms with Crippen molar-refractivity contribution in [2.24, 2.45) is 0 Å². The molecule has 0 radical (unpaired) electrons. The van der Waals surface area contributed by atoms with Gasteiger partial charge in [0.05, 0.1) is 0 Å². The number of sulfonamides is 1. The van der Waals surface area contributed by atoms with Gasteiger partial charge in [-0.2, -0.15) is 0 Å². The summed E-state index contributed by atoms with van der Waals surface area (Å²) in [6, 6.07) is 5.57. The third kappa shape index (κ3) is 3.75. The summed E-state index contributed by atoms with van der Waals surface area (Å²) in [6.07, 6.45) is 2.67. The lowest BCUT2D eigenvalue weighted by Gasteiger charge is -2.07. The molecular weight excluding hydrogens is 318 g/mol. The highest BCUT2D eigenvalue weighted by Crippen LogP contribution is 2.17. The topological polar surface area (TPSA) is 109 Å². The highest BCUT2D eigenvalue weighted by atomic mass is 35.5. The Bertz CT molecular complexity index is 762. The summed E-state index contributed by atoms with van der Waals surface area (Å²) in [5.41, 5.74) is 0.403. The fourth-order valence-corrected chi connectivity index (χ4v) is 2.95. The van der Waals surface area contributed by atoms with Crippen molar-refractivity contribution in [3.63, 3.8) is 0 Å². The SMILES string of the molecule is O=C(O)c1ccc(CNS(=O)(=O)c2cccnc2Cl)cn1. The van der Waals surface area contributed by atoms with Gasteiger partial charge in [-0.15, -0.1) is 0 Å². The standard InChI is InChI=1S/C12H10ClN3O4S/c13-11-10(2-1-5-14-11)21(19,20)16-7-8-3-4-9(12(17)18)15-6-8/h1-6,16H,7H2,(H,17,18). The first-order valence-corrected chi connectivity index (χ1v) is 7.54. The van der Waals surface area contributed by atoms with Gasteiger partial charge in [0, 0.05) is 18.9 Å². The van der Waals surface area contributed by atoms with Gasteiger partial charge in [0.15, 0.2) is 0 Å². The molecule has 0 aliphatic carbocycles. The van der Waals surface area contributed by atoms with Crippen molar-refractivity contribution in [3.05, 3.63) is 53.1 Å². The van der Waals surface area contributed by atoms with Crippen molar-refractivity contribution in [1.82, 2.24) is 14.7 Å². The second kappa shape index (κ2) is 6.17. The van der Waals surface area contributed by atoms with Crippen LogP contribution in [-0.4, -0.2) is 29.5 Å². The van der Waals surface area contributed by atoms with E-state index in [1.54, 1.807) is 0 Å². The highest BCUT2D eigenvalue weighted by molar-refractivity contribution is 7.89. The van der Waals surface area contributed by atoms with Gasteiger partial charge in [-0.1, -0.05) is 17.7 Å². The number of aromatic nitrogens is 2. The number of hydrogen-bond donors (Lipinski definition) is 2. The van der Waals surface area contributed by atoms with Crippen LogP contribution in [0.1, 0.15) is 16.1 Å². The summed E-state index contributed by atoms with van der Waals surface area (Å²) in [6.45, 7) is -0.0412. The monoisotopic (exact) mass is 327 g/mol. The van der Waals surface area contributed by atoms with Crippen molar-refractivity contribution in [3.8, 4) is 0 Å². The number of pyridine rings is 2. The largest absolute Gasteiger partial charge is 0.477 e. The molecule has 0 fully saturated rings. The molecule has 2 N–H and O–H groups in total. The van der Waals surface area contributed by atoms with Crippen LogP contribution in [0.3, 0.4) is 0 Å². The Morgan fingerprint density at radius 1 is 1.29 bits per heavy atom. The first-order valence-electron chi connectivity index (χ1n) is 5.68. The smallest absolute Gasteiger partial charge is 0.354 e. The van der Waals surface area contributed by atoms with Crippen molar-refractivity contribution in [2.45, 2.75) is 11.4 Å². The number of carboxylic acid groups (broad SMARTS) is 1. The lowest BCUT2D eigenvalue weighted by molar-refractivity contribution is 0.0690. The van der Waals surface area contributed by atoms with E-state index < -0.39 is 16.0 Å². The molecule has 110 valence electrons. The van der Waals surface area contributed by atoms with E-state index in [1.165, 1.54) is 36.7 Å². The Kier molecular flexibility index (Phi) is 4.51. The Balaban J connectivity index is 2.12. The third-order valence-corrected chi connectivity index (χ3v) is 4.37. The summed E-state index contributed by atoms with van der Waals surface area (Å²) in [4.78, 5) is 17.9. The van der Waals surface area contributed by atoms with Crippen LogP contribution in [0.25, 0.3) is 0 Å². The number of rotatable bonds is 5. The fraction of sp³-hybridized carbons (Fsp3) is 0.0833. The molecule has 2 aromatic heterocycles. The molecule has 0 unspecified atom stereocenters. The van der Waals surface area contributed by atoms with Gasteiger partial charge in [0.25, 0.3) is 0 Å². The minimum atomic E-state index is -3.80. The number of nitrogens with zero attached hydrogens (tertiary/aromatic N) is 2. The molecule has 7 nitrogen and oxygen atoms in total. The number of hydrogen-bond acceptors (Lipinski definition) is 5. The van der Waals surface area contributed by atoms with E-state index in [2.05, 4.69) is 14.7 Å². The molecule has 0 aliphatic rings. The second-order valence-electron chi connectivity index (χ2n) is 3.97. The first-order chi connectivity index (χ1) is 9.90. The highest BCUT2D eigenvalue weighted by Gasteiger charge is 2.18. The van der Waals surface area contributed by atoms with E-state index in [-0.39, 0.29) is 22.3 Å². The zero-order valence-corrected chi connectivity index (χ0v) is 12.1. The molecule has 0 saturated heterocycles. The van der Waals surface area contributed by atoms with Crippen molar-refractivity contribution >= 4 is 27.6 Å². The number of carboxylic acids is 1. The summed E-state index contributed by atoms with van der Waals surface area (Å²) in [7, 11) is -3.80. The lowest BCUT2D eigenvalue weighted by Crippen LogP contribution is -2.23. The van der Waals surface area contributed by atoms with Crippen molar-refractivity contribution < 1.29 is 18.3 Å². The number of aromatic carboxylic acids is 1. The Hall–Kier alpha value is -2.03. The first kappa shape index (κ1) is 15.4. The van der Waals surface area contributed by atoms with E-state index in [0.717, 1.165) is 0 Å². The maximum atomic E-state index is 12.1. The van der Waals surface area contributed by atoms with Crippen LogP contribution >= 0.6 is 11.6 Å². The second-order valence-corrected chi connectivity index (χ2v) is 6.07. The molecule has 0 amide bonds. The van der Waals surface area contributed by atoms with E-state index >= 15 is 0 Å². The van der Waals surface area contributed by atoms with Gasteiger partial charge < -0.3 is 5.11 Å². The zero-order valence-electron chi connectivity index (χ0n) is 10.5. The number of halogens is 1. The molecule has 2 rings (SSSR count). The van der Waals surface area contributed by atoms with Crippen LogP contribution in [0.15, 0.2) is 41.6 Å². The zero-order chi connectivity index (χ0) is 15.5. The fourth-order valence-electron chi connectivity index (χ4n) is 1.48. The molecule has 0 bridgehead atoms. The Labute approximate surface area is 125 Å². The van der Waals surface area contributed by atoms with Gasteiger partial charge in [-0.25, -0.2) is 27.9 Å². The lowest BCUT2D eigenvalue weighted by atomic mass is 10.2. The molecule has 0 spiro atoms. The third-order valence-electron chi connectivity index (χ3n) is 2.52. The van der Waals surface area contributed by atoms with E-state index in [1.807, 2.05) is 0 Å². The van der Waals surface area contributed by atoms with Gasteiger partial charge >= 0.3 is 5.97 Å². The predicted molar refractivity (Wildman–Crippen MR) is 74.5 cm³/mol. The molecule has 2 aromatic rings. The minimum absolute atomic E-state index is 0.0412. The average molecular weight is 328 g/mol. The molecule has 0 saturated carbocycles. The molecule has 0 aromatic carbocycles. The maximum absolute atomic E-state index is 12.1. The maximum Gasteiger partial charge on any atom is 0.354 e. The number of nitrogens with one attached hydrogen (secondary N) is 1. The van der Waals surface area contributed by atoms with Crippen molar-refractivity contribution in [2.75, 3.05) is 0 Å². The molecule has 2 heterocycles. The van der Waals surface area contributed by atoms with Gasteiger partial charge in [0.1, 0.15) is 15.7 Å². The van der Waals surface area contributed by atoms with Gasteiger partial charge in [-0.3, -0.25) is 0 Å². The van der Waals surface area contributed by atoms with Crippen molar-refractivity contribution in [1.29, 1.82) is 0 Å². The summed E-state index contributed by atoms with van der Waals surface area (Å²) < 4.78 is 26.4. The molecule has 0 aliphatic heterocycles. The quantitative estimate of drug-likeness (QED) is 0.801.